The van der Waals surface area contributed by atoms with E-state index in [0.29, 0.717) is 21.9 Å². The Morgan fingerprint density at radius 2 is 1.90 bits per heavy atom. The molecular weight excluding hydrogens is 384 g/mol. The highest BCUT2D eigenvalue weighted by atomic mass is 32.1. The van der Waals surface area contributed by atoms with E-state index < -0.39 is 0 Å². The number of nitrogens with one attached hydrogen (secondary N) is 1. The van der Waals surface area contributed by atoms with E-state index in [0.717, 1.165) is 22.4 Å². The molecule has 4 aromatic rings. The van der Waals surface area contributed by atoms with Gasteiger partial charge < -0.3 is 5.32 Å². The monoisotopic (exact) mass is 404 g/mol. The lowest BCUT2D eigenvalue weighted by Crippen LogP contribution is -2.30. The molecule has 2 aromatic heterocycles. The first-order valence-corrected chi connectivity index (χ1v) is 10.1. The fourth-order valence-corrected chi connectivity index (χ4v) is 3.96. The van der Waals surface area contributed by atoms with Crippen LogP contribution in [0.5, 0.6) is 0 Å². The van der Waals surface area contributed by atoms with E-state index in [1.54, 1.807) is 25.1 Å². The first-order valence-electron chi connectivity index (χ1n) is 9.21. The fraction of sp³-hybridized carbons (Fsp3) is 0.182. The lowest BCUT2D eigenvalue weighted by Gasteiger charge is -2.10. The number of rotatable bonds is 4. The molecule has 0 aliphatic rings. The number of aromatic nitrogens is 3. The molecule has 1 N–H and O–H groups in total. The van der Waals surface area contributed by atoms with Gasteiger partial charge in [0, 0.05) is 10.9 Å². The van der Waals surface area contributed by atoms with Gasteiger partial charge in [0.2, 0.25) is 5.91 Å². The maximum absolute atomic E-state index is 12.7. The van der Waals surface area contributed by atoms with Gasteiger partial charge in [-0.1, -0.05) is 29.8 Å². The van der Waals surface area contributed by atoms with Gasteiger partial charge in [-0.15, -0.1) is 11.3 Å². The van der Waals surface area contributed by atoms with Crippen molar-refractivity contribution in [1.82, 2.24) is 14.5 Å². The van der Waals surface area contributed by atoms with Crippen molar-refractivity contribution in [2.75, 3.05) is 5.32 Å². The molecule has 0 atom stereocenters. The van der Waals surface area contributed by atoms with Crippen LogP contribution in [-0.4, -0.2) is 20.4 Å². The van der Waals surface area contributed by atoms with Crippen molar-refractivity contribution in [2.24, 2.45) is 0 Å². The summed E-state index contributed by atoms with van der Waals surface area (Å²) in [4.78, 5) is 34.3. The molecule has 4 rings (SSSR count). The molecule has 0 spiro atoms. The summed E-state index contributed by atoms with van der Waals surface area (Å²) in [6, 6.07) is 13.3. The van der Waals surface area contributed by atoms with Crippen molar-refractivity contribution >= 4 is 33.3 Å². The second kappa shape index (κ2) is 7.60. The summed E-state index contributed by atoms with van der Waals surface area (Å²) in [6.07, 6.45) is 0. The van der Waals surface area contributed by atoms with Gasteiger partial charge in [0.05, 0.1) is 16.6 Å². The van der Waals surface area contributed by atoms with Gasteiger partial charge in [-0.25, -0.2) is 9.97 Å². The molecule has 0 saturated heterocycles. The molecule has 2 aromatic carbocycles. The number of benzene rings is 2. The van der Waals surface area contributed by atoms with E-state index in [-0.39, 0.29) is 18.0 Å². The minimum atomic E-state index is -0.311. The average Bonchev–Trinajstić information content (AvgIpc) is 3.15. The predicted molar refractivity (Wildman–Crippen MR) is 116 cm³/mol. The van der Waals surface area contributed by atoms with E-state index in [2.05, 4.69) is 33.5 Å². The Hall–Kier alpha value is -3.32. The zero-order valence-electron chi connectivity index (χ0n) is 16.4. The third-order valence-corrected chi connectivity index (χ3v) is 5.53. The van der Waals surface area contributed by atoms with Crippen molar-refractivity contribution in [1.29, 1.82) is 0 Å². The molecule has 29 heavy (non-hydrogen) atoms. The summed E-state index contributed by atoms with van der Waals surface area (Å²) in [7, 11) is 0. The Bertz CT molecular complexity index is 1290. The average molecular weight is 404 g/mol. The Morgan fingerprint density at radius 1 is 1.10 bits per heavy atom. The fourth-order valence-electron chi connectivity index (χ4n) is 3.23. The van der Waals surface area contributed by atoms with Crippen LogP contribution < -0.4 is 10.9 Å². The summed E-state index contributed by atoms with van der Waals surface area (Å²) in [6.45, 7) is 5.69. The van der Waals surface area contributed by atoms with Crippen LogP contribution in [-0.2, 0) is 11.3 Å². The molecule has 0 aliphatic carbocycles. The van der Waals surface area contributed by atoms with Gasteiger partial charge in [-0.3, -0.25) is 14.2 Å². The molecule has 0 fully saturated rings. The Kier molecular flexibility index (Phi) is 4.98. The minimum Gasteiger partial charge on any atom is -0.300 e. The summed E-state index contributed by atoms with van der Waals surface area (Å²) in [5.41, 5.74) is 4.56. The molecule has 0 aliphatic heterocycles. The van der Waals surface area contributed by atoms with E-state index in [4.69, 9.17) is 0 Å². The number of carbonyl (C=O) groups excluding carboxylic acids is 1. The topological polar surface area (TPSA) is 76.9 Å². The molecule has 0 bridgehead atoms. The maximum Gasteiger partial charge on any atom is 0.261 e. The Balaban J connectivity index is 1.56. The number of amides is 1. The predicted octanol–water partition coefficient (Wildman–Crippen LogP) is 4.08. The molecular formula is C22H20N4O2S. The lowest BCUT2D eigenvalue weighted by atomic mass is 10.0. The third kappa shape index (κ3) is 3.82. The number of hydrogen-bond donors (Lipinski definition) is 1. The van der Waals surface area contributed by atoms with E-state index in [1.807, 2.05) is 25.3 Å². The first kappa shape index (κ1) is 19.0. The van der Waals surface area contributed by atoms with Gasteiger partial charge in [-0.2, -0.15) is 0 Å². The van der Waals surface area contributed by atoms with Crippen LogP contribution in [0.1, 0.15) is 17.0 Å². The SMILES string of the molecule is Cc1ccc(C)c(-c2csc(NC(=O)Cn3c(C)nc4ccccc4c3=O)n2)c1. The third-order valence-electron chi connectivity index (χ3n) is 4.77. The standard InChI is InChI=1S/C22H20N4O2S/c1-13-8-9-14(2)17(10-13)19-12-29-22(24-19)25-20(27)11-26-15(3)23-18-7-5-4-6-16(18)21(26)28/h4-10,12H,11H2,1-3H3,(H,24,25,27). The van der Waals surface area contributed by atoms with Crippen LogP contribution in [0.4, 0.5) is 5.13 Å². The summed E-state index contributed by atoms with van der Waals surface area (Å²) in [5, 5.41) is 5.72. The molecule has 0 unspecified atom stereocenters. The molecule has 7 heteroatoms. The number of hydrogen-bond acceptors (Lipinski definition) is 5. The molecule has 146 valence electrons. The largest absolute Gasteiger partial charge is 0.300 e. The van der Waals surface area contributed by atoms with Gasteiger partial charge in [-0.05, 0) is 44.5 Å². The number of nitrogens with zero attached hydrogens (tertiary/aromatic N) is 3. The van der Waals surface area contributed by atoms with Crippen molar-refractivity contribution < 1.29 is 4.79 Å². The number of para-hydroxylation sites is 1. The van der Waals surface area contributed by atoms with Crippen LogP contribution in [0.15, 0.2) is 52.6 Å². The normalized spacial score (nSPS) is 11.0. The van der Waals surface area contributed by atoms with E-state index in [1.165, 1.54) is 15.9 Å². The van der Waals surface area contributed by atoms with Crippen molar-refractivity contribution in [3.8, 4) is 11.3 Å². The van der Waals surface area contributed by atoms with Gasteiger partial charge >= 0.3 is 0 Å². The van der Waals surface area contributed by atoms with Gasteiger partial charge in [0.15, 0.2) is 5.13 Å². The van der Waals surface area contributed by atoms with Crippen LogP contribution in [0.25, 0.3) is 22.2 Å². The maximum atomic E-state index is 12.7. The summed E-state index contributed by atoms with van der Waals surface area (Å²) in [5.74, 6) is 0.188. The van der Waals surface area contributed by atoms with Crippen LogP contribution in [0.3, 0.4) is 0 Å². The molecule has 6 nitrogen and oxygen atoms in total. The highest BCUT2D eigenvalue weighted by Crippen LogP contribution is 2.28. The number of anilines is 1. The molecule has 0 radical (unpaired) electrons. The van der Waals surface area contributed by atoms with Crippen LogP contribution in [0, 0.1) is 20.8 Å². The minimum absolute atomic E-state index is 0.110. The highest BCUT2D eigenvalue weighted by molar-refractivity contribution is 7.14. The number of carbonyl (C=O) groups is 1. The first-order chi connectivity index (χ1) is 13.9. The molecule has 0 saturated carbocycles. The van der Waals surface area contributed by atoms with Crippen molar-refractivity contribution in [2.45, 2.75) is 27.3 Å². The second-order valence-corrected chi connectivity index (χ2v) is 7.83. The van der Waals surface area contributed by atoms with Gasteiger partial charge in [0.1, 0.15) is 12.4 Å². The van der Waals surface area contributed by atoms with E-state index in [9.17, 15) is 9.59 Å². The van der Waals surface area contributed by atoms with Crippen molar-refractivity contribution in [3.63, 3.8) is 0 Å². The zero-order valence-corrected chi connectivity index (χ0v) is 17.2. The van der Waals surface area contributed by atoms with Gasteiger partial charge in [0.25, 0.3) is 5.56 Å². The quantitative estimate of drug-likeness (QED) is 0.556. The zero-order chi connectivity index (χ0) is 20.5. The highest BCUT2D eigenvalue weighted by Gasteiger charge is 2.14. The van der Waals surface area contributed by atoms with E-state index >= 15 is 0 Å². The van der Waals surface area contributed by atoms with Crippen molar-refractivity contribution in [3.05, 3.63) is 75.1 Å². The lowest BCUT2D eigenvalue weighted by molar-refractivity contribution is -0.116. The molecule has 1 amide bonds. The summed E-state index contributed by atoms with van der Waals surface area (Å²) < 4.78 is 1.39. The molecule has 2 heterocycles. The second-order valence-electron chi connectivity index (χ2n) is 6.97. The Morgan fingerprint density at radius 3 is 2.72 bits per heavy atom. The number of aryl methyl sites for hydroxylation is 3. The number of thiazole rings is 1. The smallest absolute Gasteiger partial charge is 0.261 e. The van der Waals surface area contributed by atoms with Crippen LogP contribution in [0.2, 0.25) is 0 Å². The summed E-state index contributed by atoms with van der Waals surface area (Å²) >= 11 is 1.36. The van der Waals surface area contributed by atoms with Crippen LogP contribution >= 0.6 is 11.3 Å². The Labute approximate surface area is 171 Å². The number of fused-ring (bicyclic) bond motifs is 1.